The van der Waals surface area contributed by atoms with Crippen molar-refractivity contribution >= 4 is 27.5 Å². The summed E-state index contributed by atoms with van der Waals surface area (Å²) in [4.78, 5) is -0.404. The largest absolute Gasteiger partial charge is 0.207 e. The van der Waals surface area contributed by atoms with Crippen LogP contribution in [0.4, 0.5) is 8.78 Å². The fourth-order valence-corrected chi connectivity index (χ4v) is 2.93. The molecule has 0 heterocycles. The predicted octanol–water partition coefficient (Wildman–Crippen LogP) is 5.72. The van der Waals surface area contributed by atoms with Crippen LogP contribution >= 0.6 is 27.5 Å². The van der Waals surface area contributed by atoms with Crippen LogP contribution in [-0.2, 0) is 0 Å². The van der Waals surface area contributed by atoms with E-state index in [4.69, 9.17) is 11.6 Å². The number of rotatable bonds is 2. The van der Waals surface area contributed by atoms with Gasteiger partial charge in [0.05, 0.1) is 9.85 Å². The number of alkyl halides is 1. The molecule has 100 valence electrons. The molecule has 0 saturated heterocycles. The third-order valence-corrected chi connectivity index (χ3v) is 4.30. The number of aryl methyl sites for hydroxylation is 2. The normalized spacial score (nSPS) is 12.5. The first-order valence-corrected chi connectivity index (χ1v) is 7.05. The second kappa shape index (κ2) is 5.59. The zero-order valence-electron chi connectivity index (χ0n) is 10.5. The Morgan fingerprint density at radius 2 is 1.68 bits per heavy atom. The highest BCUT2D eigenvalue weighted by Crippen LogP contribution is 2.36. The SMILES string of the molecule is Cc1ccc(C)c(C(Br)c2cc(F)c(Cl)cc2F)c1. The van der Waals surface area contributed by atoms with Crippen LogP contribution in [0.25, 0.3) is 0 Å². The second-order valence-corrected chi connectivity index (χ2v) is 5.83. The van der Waals surface area contributed by atoms with Gasteiger partial charge < -0.3 is 0 Å². The fourth-order valence-electron chi connectivity index (χ4n) is 1.93. The van der Waals surface area contributed by atoms with E-state index in [0.29, 0.717) is 0 Å². The van der Waals surface area contributed by atoms with Crippen molar-refractivity contribution in [2.75, 3.05) is 0 Å². The van der Waals surface area contributed by atoms with Crippen LogP contribution in [-0.4, -0.2) is 0 Å². The number of hydrogen-bond acceptors (Lipinski definition) is 0. The van der Waals surface area contributed by atoms with Gasteiger partial charge in [-0.25, -0.2) is 8.78 Å². The lowest BCUT2D eigenvalue weighted by Gasteiger charge is -2.15. The van der Waals surface area contributed by atoms with Gasteiger partial charge in [0.1, 0.15) is 11.6 Å². The van der Waals surface area contributed by atoms with Gasteiger partial charge in [-0.1, -0.05) is 51.3 Å². The average molecular weight is 346 g/mol. The van der Waals surface area contributed by atoms with Crippen LogP contribution in [0.2, 0.25) is 5.02 Å². The molecule has 1 atom stereocenters. The number of halogens is 4. The monoisotopic (exact) mass is 344 g/mol. The summed E-state index contributed by atoms with van der Waals surface area (Å²) in [5, 5.41) is -0.207. The highest BCUT2D eigenvalue weighted by molar-refractivity contribution is 9.09. The molecule has 19 heavy (non-hydrogen) atoms. The first kappa shape index (κ1) is 14.5. The van der Waals surface area contributed by atoms with Crippen LogP contribution in [0.15, 0.2) is 30.3 Å². The van der Waals surface area contributed by atoms with Gasteiger partial charge in [0.25, 0.3) is 0 Å². The molecule has 2 aromatic rings. The lowest BCUT2D eigenvalue weighted by Crippen LogP contribution is -2.01. The maximum Gasteiger partial charge on any atom is 0.142 e. The van der Waals surface area contributed by atoms with Crippen molar-refractivity contribution < 1.29 is 8.78 Å². The topological polar surface area (TPSA) is 0 Å². The standard InChI is InChI=1S/C15H12BrClF2/c1-8-3-4-9(2)10(5-8)15(16)11-6-14(19)12(17)7-13(11)18/h3-7,15H,1-2H3. The molecular weight excluding hydrogens is 334 g/mol. The summed E-state index contributed by atoms with van der Waals surface area (Å²) in [5.74, 6) is -1.14. The Hall–Kier alpha value is -0.930. The van der Waals surface area contributed by atoms with E-state index >= 15 is 0 Å². The molecule has 2 aromatic carbocycles. The Morgan fingerprint density at radius 1 is 1.00 bits per heavy atom. The van der Waals surface area contributed by atoms with Crippen LogP contribution in [0, 0.1) is 25.5 Å². The lowest BCUT2D eigenvalue weighted by molar-refractivity contribution is 0.588. The summed E-state index contributed by atoms with van der Waals surface area (Å²) in [6.07, 6.45) is 0. The first-order valence-electron chi connectivity index (χ1n) is 5.76. The molecule has 0 saturated carbocycles. The minimum atomic E-state index is -0.618. The highest BCUT2D eigenvalue weighted by atomic mass is 79.9. The Bertz CT molecular complexity index is 626. The van der Waals surface area contributed by atoms with E-state index in [-0.39, 0.29) is 10.6 Å². The maximum atomic E-state index is 13.9. The molecule has 0 aliphatic heterocycles. The molecule has 0 spiro atoms. The van der Waals surface area contributed by atoms with Gasteiger partial charge in [0.2, 0.25) is 0 Å². The molecule has 0 aromatic heterocycles. The predicted molar refractivity (Wildman–Crippen MR) is 78.1 cm³/mol. The Balaban J connectivity index is 2.52. The van der Waals surface area contributed by atoms with E-state index in [1.54, 1.807) is 0 Å². The van der Waals surface area contributed by atoms with Crippen molar-refractivity contribution in [1.29, 1.82) is 0 Å². The van der Waals surface area contributed by atoms with Gasteiger partial charge >= 0.3 is 0 Å². The van der Waals surface area contributed by atoms with Crippen molar-refractivity contribution in [1.82, 2.24) is 0 Å². The molecule has 0 fully saturated rings. The second-order valence-electron chi connectivity index (χ2n) is 4.51. The minimum Gasteiger partial charge on any atom is -0.207 e. The molecule has 0 N–H and O–H groups in total. The summed E-state index contributed by atoms with van der Waals surface area (Å²) in [6.45, 7) is 3.90. The smallest absolute Gasteiger partial charge is 0.142 e. The third-order valence-electron chi connectivity index (χ3n) is 3.02. The van der Waals surface area contributed by atoms with Gasteiger partial charge in [-0.05, 0) is 37.1 Å². The van der Waals surface area contributed by atoms with Crippen molar-refractivity contribution in [3.63, 3.8) is 0 Å². The molecule has 0 amide bonds. The van der Waals surface area contributed by atoms with Crippen LogP contribution in [0.3, 0.4) is 0 Å². The maximum absolute atomic E-state index is 13.9. The van der Waals surface area contributed by atoms with E-state index in [0.717, 1.165) is 28.8 Å². The van der Waals surface area contributed by atoms with Crippen molar-refractivity contribution in [2.24, 2.45) is 0 Å². The molecule has 2 rings (SSSR count). The van der Waals surface area contributed by atoms with Crippen molar-refractivity contribution in [3.05, 3.63) is 69.2 Å². The quantitative estimate of drug-likeness (QED) is 0.482. The summed E-state index contributed by atoms with van der Waals surface area (Å²) < 4.78 is 27.4. The van der Waals surface area contributed by atoms with Gasteiger partial charge in [-0.2, -0.15) is 0 Å². The number of benzene rings is 2. The van der Waals surface area contributed by atoms with E-state index in [9.17, 15) is 8.78 Å². The van der Waals surface area contributed by atoms with Gasteiger partial charge in [0, 0.05) is 5.56 Å². The van der Waals surface area contributed by atoms with Crippen LogP contribution < -0.4 is 0 Å². The molecule has 1 unspecified atom stereocenters. The molecule has 4 heteroatoms. The van der Waals surface area contributed by atoms with E-state index in [1.807, 2.05) is 32.0 Å². The third kappa shape index (κ3) is 2.98. The summed E-state index contributed by atoms with van der Waals surface area (Å²) in [5.41, 5.74) is 3.25. The first-order chi connectivity index (χ1) is 8.90. The summed E-state index contributed by atoms with van der Waals surface area (Å²) in [7, 11) is 0. The molecule has 0 radical (unpaired) electrons. The molecule has 0 aliphatic rings. The highest BCUT2D eigenvalue weighted by Gasteiger charge is 2.19. The van der Waals surface area contributed by atoms with Gasteiger partial charge in [-0.15, -0.1) is 0 Å². The average Bonchev–Trinajstić information content (AvgIpc) is 2.36. The van der Waals surface area contributed by atoms with Gasteiger partial charge in [0.15, 0.2) is 0 Å². The Labute approximate surface area is 124 Å². The molecule has 0 aliphatic carbocycles. The summed E-state index contributed by atoms with van der Waals surface area (Å²) >= 11 is 9.00. The lowest BCUT2D eigenvalue weighted by atomic mass is 9.98. The zero-order chi connectivity index (χ0) is 14.2. The molecule has 0 nitrogen and oxygen atoms in total. The number of hydrogen-bond donors (Lipinski definition) is 0. The van der Waals surface area contributed by atoms with E-state index in [2.05, 4.69) is 15.9 Å². The molecule has 0 bridgehead atoms. The van der Waals surface area contributed by atoms with Gasteiger partial charge in [-0.3, -0.25) is 0 Å². The zero-order valence-corrected chi connectivity index (χ0v) is 12.8. The fraction of sp³-hybridized carbons (Fsp3) is 0.200. The van der Waals surface area contributed by atoms with E-state index in [1.165, 1.54) is 0 Å². The Morgan fingerprint density at radius 3 is 2.37 bits per heavy atom. The summed E-state index contributed by atoms with van der Waals surface area (Å²) in [6, 6.07) is 8.05. The molecular formula is C15H12BrClF2. The van der Waals surface area contributed by atoms with E-state index < -0.39 is 16.5 Å². The van der Waals surface area contributed by atoms with Crippen LogP contribution in [0.5, 0.6) is 0 Å². The van der Waals surface area contributed by atoms with Crippen LogP contribution in [0.1, 0.15) is 27.1 Å². The minimum absolute atomic E-state index is 0.207. The Kier molecular flexibility index (Phi) is 4.26. The van der Waals surface area contributed by atoms with Crippen molar-refractivity contribution in [2.45, 2.75) is 18.7 Å². The van der Waals surface area contributed by atoms with Crippen molar-refractivity contribution in [3.8, 4) is 0 Å².